The van der Waals surface area contributed by atoms with Gasteiger partial charge in [-0.15, -0.1) is 0 Å². The summed E-state index contributed by atoms with van der Waals surface area (Å²) >= 11 is 0. The van der Waals surface area contributed by atoms with Crippen LogP contribution in [0.25, 0.3) is 11.1 Å². The maximum atomic E-state index is 14.9. The van der Waals surface area contributed by atoms with Crippen molar-refractivity contribution in [2.24, 2.45) is 5.92 Å². The van der Waals surface area contributed by atoms with Gasteiger partial charge < -0.3 is 4.74 Å². The first-order valence-electron chi connectivity index (χ1n) is 10.7. The second-order valence-corrected chi connectivity index (χ2v) is 7.89. The number of hydrogen-bond donors (Lipinski definition) is 0. The van der Waals surface area contributed by atoms with Gasteiger partial charge in [-0.3, -0.25) is 0 Å². The van der Waals surface area contributed by atoms with E-state index < -0.39 is 23.3 Å². The first-order chi connectivity index (χ1) is 14.5. The number of allylic oxidation sites excluding steroid dienone is 2. The van der Waals surface area contributed by atoms with Gasteiger partial charge in [0.05, 0.1) is 6.61 Å². The zero-order chi connectivity index (χ0) is 21.7. The van der Waals surface area contributed by atoms with Gasteiger partial charge in [0.25, 0.3) is 0 Å². The van der Waals surface area contributed by atoms with Gasteiger partial charge in [-0.05, 0) is 94.0 Å². The highest BCUT2D eigenvalue weighted by molar-refractivity contribution is 5.66. The molecular formula is C25H28F4O. The first kappa shape index (κ1) is 22.4. The Morgan fingerprint density at radius 2 is 1.67 bits per heavy atom. The number of halogens is 4. The summed E-state index contributed by atoms with van der Waals surface area (Å²) in [5.41, 5.74) is -0.266. The molecule has 0 aromatic heterocycles. The summed E-state index contributed by atoms with van der Waals surface area (Å²) in [7, 11) is 0. The van der Waals surface area contributed by atoms with Crippen molar-refractivity contribution in [1.82, 2.24) is 0 Å². The minimum Gasteiger partial charge on any atom is -0.491 e. The van der Waals surface area contributed by atoms with Crippen molar-refractivity contribution in [3.05, 3.63) is 65.2 Å². The van der Waals surface area contributed by atoms with Crippen LogP contribution in [0.2, 0.25) is 0 Å². The van der Waals surface area contributed by atoms with E-state index in [9.17, 15) is 17.6 Å². The maximum absolute atomic E-state index is 14.9. The predicted octanol–water partition coefficient (Wildman–Crippen LogP) is 7.94. The number of hydrogen-bond acceptors (Lipinski definition) is 1. The van der Waals surface area contributed by atoms with E-state index >= 15 is 0 Å². The van der Waals surface area contributed by atoms with Crippen molar-refractivity contribution in [3.8, 4) is 16.9 Å². The summed E-state index contributed by atoms with van der Waals surface area (Å²) in [6.45, 7) is 3.82. The molecule has 1 fully saturated rings. The molecule has 2 aromatic carbocycles. The second-order valence-electron chi connectivity index (χ2n) is 7.89. The molecule has 5 heteroatoms. The normalized spacial score (nSPS) is 19.4. The van der Waals surface area contributed by atoms with Gasteiger partial charge in [0.15, 0.2) is 11.6 Å². The highest BCUT2D eigenvalue weighted by atomic mass is 19.2. The van der Waals surface area contributed by atoms with Crippen LogP contribution >= 0.6 is 0 Å². The molecule has 2 aromatic rings. The third kappa shape index (κ3) is 4.88. The topological polar surface area (TPSA) is 9.23 Å². The fraction of sp³-hybridized carbons (Fsp3) is 0.440. The van der Waals surface area contributed by atoms with Crippen molar-refractivity contribution in [2.75, 3.05) is 6.61 Å². The number of rotatable bonds is 7. The summed E-state index contributed by atoms with van der Waals surface area (Å²) in [4.78, 5) is 0. The van der Waals surface area contributed by atoms with Crippen molar-refractivity contribution in [3.63, 3.8) is 0 Å². The molecule has 0 atom stereocenters. The highest BCUT2D eigenvalue weighted by Crippen LogP contribution is 2.40. The first-order valence-corrected chi connectivity index (χ1v) is 10.7. The Labute approximate surface area is 175 Å². The van der Waals surface area contributed by atoms with Gasteiger partial charge in [0.2, 0.25) is 5.82 Å². The Morgan fingerprint density at radius 1 is 0.933 bits per heavy atom. The molecule has 3 rings (SSSR count). The van der Waals surface area contributed by atoms with Crippen LogP contribution in [-0.4, -0.2) is 6.61 Å². The average molecular weight is 420 g/mol. The molecule has 0 N–H and O–H groups in total. The van der Waals surface area contributed by atoms with E-state index in [1.54, 1.807) is 6.92 Å². The molecule has 162 valence electrons. The van der Waals surface area contributed by atoms with Crippen molar-refractivity contribution in [1.29, 1.82) is 0 Å². The molecule has 0 amide bonds. The lowest BCUT2D eigenvalue weighted by molar-refractivity contribution is 0.307. The molecule has 0 bridgehead atoms. The number of benzene rings is 2. The lowest BCUT2D eigenvalue weighted by Crippen LogP contribution is -2.14. The summed E-state index contributed by atoms with van der Waals surface area (Å²) in [6.07, 6.45) is 9.97. The van der Waals surface area contributed by atoms with E-state index in [4.69, 9.17) is 4.74 Å². The molecule has 0 heterocycles. The monoisotopic (exact) mass is 420 g/mol. The van der Waals surface area contributed by atoms with E-state index in [1.165, 1.54) is 12.1 Å². The fourth-order valence-corrected chi connectivity index (χ4v) is 4.35. The van der Waals surface area contributed by atoms with Crippen LogP contribution in [0.1, 0.15) is 63.9 Å². The maximum Gasteiger partial charge on any atom is 0.201 e. The average Bonchev–Trinajstić information content (AvgIpc) is 2.74. The SMILES string of the molecule is C/C=C/CCC1CCC(c2cc(F)c(-c3ccc(OCC)c(F)c3F)cc2F)CC1. The minimum atomic E-state index is -1.24. The Hall–Kier alpha value is -2.30. The highest BCUT2D eigenvalue weighted by Gasteiger charge is 2.26. The van der Waals surface area contributed by atoms with E-state index in [1.807, 2.05) is 13.0 Å². The minimum absolute atomic E-state index is 0.0477. The molecule has 0 radical (unpaired) electrons. The molecule has 0 aliphatic heterocycles. The largest absolute Gasteiger partial charge is 0.491 e. The molecular weight excluding hydrogens is 392 g/mol. The summed E-state index contributed by atoms with van der Waals surface area (Å²) in [5.74, 6) is -3.44. The summed E-state index contributed by atoms with van der Waals surface area (Å²) < 4.78 is 63.3. The zero-order valence-corrected chi connectivity index (χ0v) is 17.5. The van der Waals surface area contributed by atoms with Gasteiger partial charge in [-0.2, -0.15) is 4.39 Å². The molecule has 1 saturated carbocycles. The molecule has 0 spiro atoms. The van der Waals surface area contributed by atoms with E-state index in [2.05, 4.69) is 6.08 Å². The predicted molar refractivity (Wildman–Crippen MR) is 112 cm³/mol. The second kappa shape index (κ2) is 10.1. The van der Waals surface area contributed by atoms with Crippen LogP contribution in [0.5, 0.6) is 5.75 Å². The molecule has 0 unspecified atom stereocenters. The van der Waals surface area contributed by atoms with Crippen LogP contribution in [0.4, 0.5) is 17.6 Å². The molecule has 1 aliphatic carbocycles. The Morgan fingerprint density at radius 3 is 2.33 bits per heavy atom. The Bertz CT molecular complexity index is 899. The quantitative estimate of drug-likeness (QED) is 0.326. The third-order valence-corrected chi connectivity index (χ3v) is 5.99. The molecule has 30 heavy (non-hydrogen) atoms. The molecule has 1 aliphatic rings. The lowest BCUT2D eigenvalue weighted by atomic mass is 9.77. The van der Waals surface area contributed by atoms with Crippen molar-refractivity contribution in [2.45, 2.75) is 58.3 Å². The van der Waals surface area contributed by atoms with E-state index in [0.717, 1.165) is 50.7 Å². The van der Waals surface area contributed by atoms with Gasteiger partial charge in [-0.25, -0.2) is 13.2 Å². The van der Waals surface area contributed by atoms with Crippen molar-refractivity contribution >= 4 is 0 Å². The van der Waals surface area contributed by atoms with E-state index in [0.29, 0.717) is 11.5 Å². The third-order valence-electron chi connectivity index (χ3n) is 5.99. The standard InChI is InChI=1S/C25H28F4O/c1-3-5-6-7-16-8-10-17(11-9-16)19-14-22(27)20(15-21(19)26)18-12-13-23(30-4-2)25(29)24(18)28/h3,5,12-17H,4,6-11H2,1-2H3/b5-3+. The van der Waals surface area contributed by atoms with Gasteiger partial charge in [0, 0.05) is 11.1 Å². The van der Waals surface area contributed by atoms with Crippen LogP contribution < -0.4 is 4.74 Å². The summed E-state index contributed by atoms with van der Waals surface area (Å²) in [5, 5.41) is 0. The number of ether oxygens (including phenoxy) is 1. The smallest absolute Gasteiger partial charge is 0.201 e. The Balaban J connectivity index is 1.79. The molecule has 1 nitrogen and oxygen atoms in total. The van der Waals surface area contributed by atoms with Crippen LogP contribution in [0.3, 0.4) is 0 Å². The van der Waals surface area contributed by atoms with Crippen molar-refractivity contribution < 1.29 is 22.3 Å². The van der Waals surface area contributed by atoms with Crippen LogP contribution in [0, 0.1) is 29.2 Å². The van der Waals surface area contributed by atoms with Crippen LogP contribution in [-0.2, 0) is 0 Å². The zero-order valence-electron chi connectivity index (χ0n) is 17.5. The van der Waals surface area contributed by atoms with Gasteiger partial charge in [-0.1, -0.05) is 12.2 Å². The Kier molecular flexibility index (Phi) is 7.57. The van der Waals surface area contributed by atoms with Gasteiger partial charge in [0.1, 0.15) is 11.6 Å². The van der Waals surface area contributed by atoms with Crippen LogP contribution in [0.15, 0.2) is 36.4 Å². The summed E-state index contributed by atoms with van der Waals surface area (Å²) in [6, 6.07) is 4.60. The fourth-order valence-electron chi connectivity index (χ4n) is 4.35. The van der Waals surface area contributed by atoms with E-state index in [-0.39, 0.29) is 29.4 Å². The van der Waals surface area contributed by atoms with Gasteiger partial charge >= 0.3 is 0 Å². The lowest BCUT2D eigenvalue weighted by Gasteiger charge is -2.29. The molecule has 0 saturated heterocycles.